The first-order valence-electron chi connectivity index (χ1n) is 12.1. The van der Waals surface area contributed by atoms with E-state index < -0.39 is 0 Å². The van der Waals surface area contributed by atoms with Crippen LogP contribution in [0.4, 0.5) is 0 Å². The summed E-state index contributed by atoms with van der Waals surface area (Å²) in [4.78, 5) is 12.9. The Morgan fingerprint density at radius 2 is 1.72 bits per heavy atom. The number of nitrogens with zero attached hydrogens (tertiary/aromatic N) is 3. The average molecular weight is 571 g/mol. The topological polar surface area (TPSA) is 96.7 Å². The molecule has 11 heteroatoms. The lowest BCUT2D eigenvalue weighted by Gasteiger charge is -2.15. The van der Waals surface area contributed by atoms with Crippen molar-refractivity contribution in [2.45, 2.75) is 26.5 Å². The summed E-state index contributed by atoms with van der Waals surface area (Å²) in [5, 5.41) is 12.1. The largest absolute Gasteiger partial charge is 0.493 e. The Kier molecular flexibility index (Phi) is 9.16. The Bertz CT molecular complexity index is 1450. The van der Waals surface area contributed by atoms with Gasteiger partial charge in [-0.05, 0) is 60.0 Å². The summed E-state index contributed by atoms with van der Waals surface area (Å²) in [6.45, 7) is 2.46. The van der Waals surface area contributed by atoms with Gasteiger partial charge in [0.15, 0.2) is 23.0 Å². The number of nitrogens with one attached hydrogen (secondary N) is 1. The third kappa shape index (κ3) is 6.55. The molecule has 0 fully saturated rings. The molecule has 3 aromatic carbocycles. The number of hydrogen-bond donors (Lipinski definition) is 1. The van der Waals surface area contributed by atoms with Crippen LogP contribution in [0.3, 0.4) is 0 Å². The molecule has 0 bridgehead atoms. The summed E-state index contributed by atoms with van der Waals surface area (Å²) in [5.74, 6) is 1.98. The lowest BCUT2D eigenvalue weighted by atomic mass is 10.1. The van der Waals surface area contributed by atoms with E-state index in [-0.39, 0.29) is 12.5 Å². The highest BCUT2D eigenvalue weighted by molar-refractivity contribution is 6.42. The van der Waals surface area contributed by atoms with E-state index in [2.05, 4.69) is 15.6 Å². The first kappa shape index (κ1) is 28.1. The fourth-order valence-corrected chi connectivity index (χ4v) is 4.22. The third-order valence-corrected chi connectivity index (χ3v) is 6.70. The molecule has 1 aromatic heterocycles. The summed E-state index contributed by atoms with van der Waals surface area (Å²) < 4.78 is 23.9. The van der Waals surface area contributed by atoms with Crippen LogP contribution >= 0.6 is 23.2 Å². The van der Waals surface area contributed by atoms with E-state index in [4.69, 9.17) is 42.1 Å². The fraction of sp³-hybridized carbons (Fsp3) is 0.250. The number of carbonyl (C=O) groups excluding carboxylic acids is 1. The van der Waals surface area contributed by atoms with Gasteiger partial charge in [-0.3, -0.25) is 4.79 Å². The third-order valence-electron chi connectivity index (χ3n) is 5.96. The van der Waals surface area contributed by atoms with Crippen LogP contribution in [0.15, 0.2) is 54.7 Å². The molecule has 0 spiro atoms. The zero-order chi connectivity index (χ0) is 27.9. The Labute approximate surface area is 236 Å². The molecule has 9 nitrogen and oxygen atoms in total. The molecule has 0 saturated carbocycles. The SMILES string of the molecule is CCc1cc(C(=O)NCc2ccc(OCc3cn(-c4ccc(Cl)c(Cl)c4)nn3)c(OC)c2)cc(OC)c1OC. The predicted molar refractivity (Wildman–Crippen MR) is 149 cm³/mol. The molecule has 39 heavy (non-hydrogen) atoms. The molecule has 0 aliphatic heterocycles. The number of hydrogen-bond acceptors (Lipinski definition) is 7. The van der Waals surface area contributed by atoms with Gasteiger partial charge in [0, 0.05) is 12.1 Å². The van der Waals surface area contributed by atoms with Crippen LogP contribution in [0.5, 0.6) is 23.0 Å². The Morgan fingerprint density at radius 1 is 0.923 bits per heavy atom. The van der Waals surface area contributed by atoms with Gasteiger partial charge in [0.2, 0.25) is 0 Å². The van der Waals surface area contributed by atoms with Gasteiger partial charge in [-0.15, -0.1) is 5.10 Å². The van der Waals surface area contributed by atoms with Gasteiger partial charge in [-0.1, -0.05) is 41.4 Å². The van der Waals surface area contributed by atoms with E-state index >= 15 is 0 Å². The Morgan fingerprint density at radius 3 is 2.41 bits per heavy atom. The van der Waals surface area contributed by atoms with Crippen LogP contribution in [0, 0.1) is 0 Å². The molecule has 4 rings (SSSR count). The average Bonchev–Trinajstić information content (AvgIpc) is 3.44. The molecule has 0 aliphatic rings. The molecule has 1 heterocycles. The van der Waals surface area contributed by atoms with Crippen molar-refractivity contribution in [2.24, 2.45) is 0 Å². The summed E-state index contributed by atoms with van der Waals surface area (Å²) in [6.07, 6.45) is 2.44. The molecular weight excluding hydrogens is 543 g/mol. The number of rotatable bonds is 11. The highest BCUT2D eigenvalue weighted by Crippen LogP contribution is 2.33. The molecule has 0 atom stereocenters. The van der Waals surface area contributed by atoms with Crippen LogP contribution in [-0.2, 0) is 19.6 Å². The zero-order valence-electron chi connectivity index (χ0n) is 22.0. The number of aryl methyl sites for hydroxylation is 1. The number of ether oxygens (including phenoxy) is 4. The van der Waals surface area contributed by atoms with Gasteiger partial charge in [0.05, 0.1) is 43.3 Å². The molecule has 0 aliphatic carbocycles. The van der Waals surface area contributed by atoms with E-state index in [1.807, 2.05) is 25.1 Å². The number of amides is 1. The predicted octanol–water partition coefficient (Wildman–Crippen LogP) is 5.67. The van der Waals surface area contributed by atoms with Gasteiger partial charge < -0.3 is 24.3 Å². The summed E-state index contributed by atoms with van der Waals surface area (Å²) >= 11 is 12.1. The molecule has 1 N–H and O–H groups in total. The quantitative estimate of drug-likeness (QED) is 0.248. The van der Waals surface area contributed by atoms with Crippen molar-refractivity contribution < 1.29 is 23.7 Å². The van der Waals surface area contributed by atoms with Gasteiger partial charge in [0.1, 0.15) is 12.3 Å². The number of carbonyl (C=O) groups is 1. The van der Waals surface area contributed by atoms with E-state index in [0.29, 0.717) is 57.3 Å². The Balaban J connectivity index is 1.40. The second-order valence-corrected chi connectivity index (χ2v) is 9.25. The second-order valence-electron chi connectivity index (χ2n) is 8.43. The summed E-state index contributed by atoms with van der Waals surface area (Å²) in [7, 11) is 4.69. The van der Waals surface area contributed by atoms with E-state index in [0.717, 1.165) is 16.8 Å². The second kappa shape index (κ2) is 12.7. The number of benzene rings is 3. The normalized spacial score (nSPS) is 10.7. The molecule has 4 aromatic rings. The van der Waals surface area contributed by atoms with Crippen molar-refractivity contribution >= 4 is 29.1 Å². The maximum absolute atomic E-state index is 12.9. The number of halogens is 2. The Hall–Kier alpha value is -3.95. The maximum Gasteiger partial charge on any atom is 0.251 e. The van der Waals surface area contributed by atoms with Crippen LogP contribution < -0.4 is 24.3 Å². The molecule has 1 amide bonds. The van der Waals surface area contributed by atoms with Crippen molar-refractivity contribution in [1.82, 2.24) is 20.3 Å². The minimum Gasteiger partial charge on any atom is -0.493 e. The van der Waals surface area contributed by atoms with Crippen molar-refractivity contribution in [3.63, 3.8) is 0 Å². The van der Waals surface area contributed by atoms with Crippen LogP contribution in [0.25, 0.3) is 5.69 Å². The highest BCUT2D eigenvalue weighted by atomic mass is 35.5. The number of aromatic nitrogens is 3. The monoisotopic (exact) mass is 570 g/mol. The lowest BCUT2D eigenvalue weighted by molar-refractivity contribution is 0.0950. The first-order valence-corrected chi connectivity index (χ1v) is 12.8. The van der Waals surface area contributed by atoms with Crippen LogP contribution in [0.1, 0.15) is 34.1 Å². The number of methoxy groups -OCH3 is 3. The minimum atomic E-state index is -0.227. The molecule has 204 valence electrons. The van der Waals surface area contributed by atoms with E-state index in [1.54, 1.807) is 62.5 Å². The van der Waals surface area contributed by atoms with Gasteiger partial charge in [-0.2, -0.15) is 0 Å². The molecular formula is C28H28Cl2N4O5. The van der Waals surface area contributed by atoms with Crippen molar-refractivity contribution in [3.05, 3.63) is 87.2 Å². The summed E-state index contributed by atoms with van der Waals surface area (Å²) in [5.41, 5.74) is 3.56. The standard InChI is InChI=1S/C28H28Cl2N4O5/c1-5-18-11-19(12-26(37-3)27(18)38-4)28(35)31-14-17-6-9-24(25(10-17)36-2)39-16-20-15-34(33-32-20)21-7-8-22(29)23(30)13-21/h6-13,15H,5,14,16H2,1-4H3,(H,31,35). The van der Waals surface area contributed by atoms with E-state index in [9.17, 15) is 4.79 Å². The lowest BCUT2D eigenvalue weighted by Crippen LogP contribution is -2.23. The van der Waals surface area contributed by atoms with Crippen molar-refractivity contribution in [1.29, 1.82) is 0 Å². The molecule has 0 saturated heterocycles. The van der Waals surface area contributed by atoms with Crippen LogP contribution in [-0.4, -0.2) is 42.2 Å². The van der Waals surface area contributed by atoms with Gasteiger partial charge >= 0.3 is 0 Å². The van der Waals surface area contributed by atoms with Crippen molar-refractivity contribution in [2.75, 3.05) is 21.3 Å². The van der Waals surface area contributed by atoms with Crippen LogP contribution in [0.2, 0.25) is 10.0 Å². The zero-order valence-corrected chi connectivity index (χ0v) is 23.5. The highest BCUT2D eigenvalue weighted by Gasteiger charge is 2.16. The fourth-order valence-electron chi connectivity index (χ4n) is 3.93. The molecule has 0 unspecified atom stereocenters. The molecule has 0 radical (unpaired) electrons. The minimum absolute atomic E-state index is 0.173. The van der Waals surface area contributed by atoms with Crippen molar-refractivity contribution in [3.8, 4) is 28.7 Å². The summed E-state index contributed by atoms with van der Waals surface area (Å²) in [6, 6.07) is 14.1. The van der Waals surface area contributed by atoms with Gasteiger partial charge in [-0.25, -0.2) is 4.68 Å². The van der Waals surface area contributed by atoms with Gasteiger partial charge in [0.25, 0.3) is 5.91 Å². The smallest absolute Gasteiger partial charge is 0.251 e. The maximum atomic E-state index is 12.9. The first-order chi connectivity index (χ1) is 18.9. The van der Waals surface area contributed by atoms with E-state index in [1.165, 1.54) is 0 Å².